The van der Waals surface area contributed by atoms with Crippen molar-refractivity contribution in [1.82, 2.24) is 32.2 Å². The Bertz CT molecular complexity index is 1980. The highest BCUT2D eigenvalue weighted by Gasteiger charge is 2.30. The van der Waals surface area contributed by atoms with Crippen LogP contribution in [-0.2, 0) is 35.2 Å². The Labute approximate surface area is 330 Å². The van der Waals surface area contributed by atoms with E-state index in [2.05, 4.69) is 57.9 Å². The van der Waals surface area contributed by atoms with Crippen LogP contribution in [0.2, 0.25) is 0 Å². The van der Waals surface area contributed by atoms with Crippen molar-refractivity contribution in [2.75, 3.05) is 26.3 Å². The fourth-order valence-corrected chi connectivity index (χ4v) is 5.97. The normalized spacial score (nSPS) is 12.2. The van der Waals surface area contributed by atoms with Crippen LogP contribution in [0.15, 0.2) is 97.1 Å². The van der Waals surface area contributed by atoms with E-state index in [0.717, 1.165) is 39.8 Å². The van der Waals surface area contributed by atoms with Crippen LogP contribution < -0.4 is 32.2 Å². The maximum Gasteiger partial charge on any atom is 0.407 e. The van der Waals surface area contributed by atoms with Gasteiger partial charge in [0.2, 0.25) is 11.8 Å². The molecule has 15 nitrogen and oxygen atoms in total. The highest BCUT2D eigenvalue weighted by atomic mass is 16.6. The number of benzene rings is 4. The molecule has 2 unspecified atom stereocenters. The first kappa shape index (κ1) is 43.2. The lowest BCUT2D eigenvalue weighted by molar-refractivity contribution is -0.135. The van der Waals surface area contributed by atoms with Crippen LogP contribution in [0.5, 0.6) is 0 Å². The Morgan fingerprint density at radius 2 is 1.18 bits per heavy atom. The zero-order valence-corrected chi connectivity index (χ0v) is 32.2. The van der Waals surface area contributed by atoms with Crippen molar-refractivity contribution in [3.05, 3.63) is 119 Å². The summed E-state index contributed by atoms with van der Waals surface area (Å²) in [5.41, 5.74) is 11.8. The first-order valence-electron chi connectivity index (χ1n) is 18.4. The molecule has 6 amide bonds. The number of aryl methyl sites for hydroxylation is 1. The van der Waals surface area contributed by atoms with Crippen molar-refractivity contribution in [2.24, 2.45) is 0 Å². The Morgan fingerprint density at radius 1 is 0.667 bits per heavy atom. The highest BCUT2D eigenvalue weighted by molar-refractivity contribution is 5.98. The Kier molecular flexibility index (Phi) is 16.3. The van der Waals surface area contributed by atoms with Gasteiger partial charge >= 0.3 is 6.09 Å². The lowest BCUT2D eigenvalue weighted by Gasteiger charge is -2.19. The molecule has 57 heavy (non-hydrogen) atoms. The monoisotopic (exact) mass is 780 g/mol. The third kappa shape index (κ3) is 12.5. The van der Waals surface area contributed by atoms with Crippen LogP contribution in [0.1, 0.15) is 60.7 Å². The highest BCUT2D eigenvalue weighted by Crippen LogP contribution is 2.44. The fraction of sp³-hybridized carbons (Fsp3) is 0.286. The van der Waals surface area contributed by atoms with Crippen molar-refractivity contribution in [2.45, 2.75) is 52.1 Å². The summed E-state index contributed by atoms with van der Waals surface area (Å²) >= 11 is 0. The van der Waals surface area contributed by atoms with Crippen molar-refractivity contribution in [3.8, 4) is 22.3 Å². The van der Waals surface area contributed by atoms with Crippen LogP contribution in [0.25, 0.3) is 22.3 Å². The SMILES string of the molecule is CCONC(=O)C(CNC(C)=O)NC(=O)OCC1c2ccccc2-c2ccccc21.CCc1ccc(-c2ccc(C(=O)NC(CNC(C)=O)C(=O)NO)cc2)cc1. The van der Waals surface area contributed by atoms with E-state index in [9.17, 15) is 28.8 Å². The summed E-state index contributed by atoms with van der Waals surface area (Å²) < 4.78 is 5.45. The molecule has 0 spiro atoms. The smallest absolute Gasteiger partial charge is 0.407 e. The molecule has 0 saturated heterocycles. The van der Waals surface area contributed by atoms with Crippen LogP contribution in [0.3, 0.4) is 0 Å². The topological polar surface area (TPSA) is 213 Å². The lowest BCUT2D eigenvalue weighted by atomic mass is 9.98. The summed E-state index contributed by atoms with van der Waals surface area (Å²) in [7, 11) is 0. The van der Waals surface area contributed by atoms with Crippen LogP contribution >= 0.6 is 0 Å². The van der Waals surface area contributed by atoms with Crippen molar-refractivity contribution in [1.29, 1.82) is 0 Å². The third-order valence-electron chi connectivity index (χ3n) is 8.95. The molecule has 0 aliphatic heterocycles. The number of alkyl carbamates (subject to hydrolysis) is 1. The van der Waals surface area contributed by atoms with E-state index in [4.69, 9.17) is 14.8 Å². The molecule has 0 bridgehead atoms. The third-order valence-corrected chi connectivity index (χ3v) is 8.95. The minimum absolute atomic E-state index is 0.0849. The zero-order chi connectivity index (χ0) is 41.3. The average molecular weight is 781 g/mol. The van der Waals surface area contributed by atoms with Gasteiger partial charge in [-0.3, -0.25) is 34.0 Å². The molecule has 2 atom stereocenters. The minimum Gasteiger partial charge on any atom is -0.449 e. The number of nitrogens with one attached hydrogen (secondary N) is 6. The molecule has 0 fully saturated rings. The number of ether oxygens (including phenoxy) is 1. The second-order valence-electron chi connectivity index (χ2n) is 12.9. The van der Waals surface area contributed by atoms with E-state index in [-0.39, 0.29) is 44.0 Å². The van der Waals surface area contributed by atoms with Gasteiger partial charge in [-0.2, -0.15) is 0 Å². The van der Waals surface area contributed by atoms with Gasteiger partial charge in [-0.05, 0) is 64.4 Å². The maximum absolute atomic E-state index is 12.4. The lowest BCUT2D eigenvalue weighted by Crippen LogP contribution is -2.52. The van der Waals surface area contributed by atoms with Gasteiger partial charge in [0.15, 0.2) is 0 Å². The molecule has 1 aliphatic carbocycles. The van der Waals surface area contributed by atoms with E-state index in [1.165, 1.54) is 24.9 Å². The Morgan fingerprint density at radius 3 is 1.67 bits per heavy atom. The van der Waals surface area contributed by atoms with Crippen LogP contribution in [0.4, 0.5) is 4.79 Å². The number of hydroxylamine groups is 2. The van der Waals surface area contributed by atoms with E-state index in [1.54, 1.807) is 19.1 Å². The molecule has 15 heteroatoms. The van der Waals surface area contributed by atoms with Gasteiger partial charge < -0.3 is 26.0 Å². The van der Waals surface area contributed by atoms with Crippen LogP contribution in [-0.4, -0.2) is 79.2 Å². The number of fused-ring (bicyclic) bond motifs is 3. The molecule has 1 aliphatic rings. The number of amides is 6. The van der Waals surface area contributed by atoms with Gasteiger partial charge in [-0.15, -0.1) is 0 Å². The van der Waals surface area contributed by atoms with E-state index in [0.29, 0.717) is 5.56 Å². The molecule has 0 heterocycles. The molecule has 4 aromatic carbocycles. The second-order valence-corrected chi connectivity index (χ2v) is 12.9. The number of rotatable bonds is 15. The Balaban J connectivity index is 0.000000254. The first-order valence-corrected chi connectivity index (χ1v) is 18.4. The molecular weight excluding hydrogens is 732 g/mol. The largest absolute Gasteiger partial charge is 0.449 e. The summed E-state index contributed by atoms with van der Waals surface area (Å²) in [6.45, 7) is 6.60. The van der Waals surface area contributed by atoms with E-state index < -0.39 is 35.9 Å². The van der Waals surface area contributed by atoms with Gasteiger partial charge in [0.25, 0.3) is 17.7 Å². The van der Waals surface area contributed by atoms with Gasteiger partial charge in [-0.25, -0.2) is 15.8 Å². The quantitative estimate of drug-likeness (QED) is 0.0691. The van der Waals surface area contributed by atoms with Gasteiger partial charge in [-0.1, -0.05) is 91.9 Å². The fourth-order valence-electron chi connectivity index (χ4n) is 5.97. The molecule has 300 valence electrons. The number of carbonyl (C=O) groups is 6. The number of hydrogen-bond acceptors (Lipinski definition) is 9. The zero-order valence-electron chi connectivity index (χ0n) is 32.2. The maximum atomic E-state index is 12.4. The Hall–Kier alpha value is -6.58. The average Bonchev–Trinajstić information content (AvgIpc) is 3.55. The van der Waals surface area contributed by atoms with Gasteiger partial charge in [0.1, 0.15) is 18.7 Å². The van der Waals surface area contributed by atoms with E-state index in [1.807, 2.05) is 60.7 Å². The summed E-state index contributed by atoms with van der Waals surface area (Å²) in [5, 5.41) is 18.7. The predicted octanol–water partition coefficient (Wildman–Crippen LogP) is 3.75. The predicted molar refractivity (Wildman–Crippen MR) is 212 cm³/mol. The van der Waals surface area contributed by atoms with E-state index >= 15 is 0 Å². The molecule has 4 aromatic rings. The van der Waals surface area contributed by atoms with Crippen molar-refractivity contribution >= 4 is 35.6 Å². The minimum atomic E-state index is -1.09. The summed E-state index contributed by atoms with van der Waals surface area (Å²) in [6.07, 6.45) is 0.222. The molecular formula is C42H48N6O9. The molecule has 5 rings (SSSR count). The van der Waals surface area contributed by atoms with Gasteiger partial charge in [0, 0.05) is 38.4 Å². The van der Waals surface area contributed by atoms with Crippen molar-refractivity contribution < 1.29 is 43.5 Å². The van der Waals surface area contributed by atoms with Crippen LogP contribution in [0, 0.1) is 0 Å². The van der Waals surface area contributed by atoms with Gasteiger partial charge in [0.05, 0.1) is 6.61 Å². The molecule has 7 N–H and O–H groups in total. The molecule has 0 radical (unpaired) electrons. The summed E-state index contributed by atoms with van der Waals surface area (Å²) in [5.74, 6) is -2.64. The molecule has 0 aromatic heterocycles. The molecule has 0 saturated carbocycles. The standard InChI is InChI=1S/C22H25N3O5.C20H23N3O4/c1-3-30-25-21(27)20(12-23-14(2)26)24-22(28)29-13-19-17-10-6-4-8-15(17)16-9-5-7-11-18(16)19;1-3-14-4-6-15(7-5-14)16-8-10-17(11-9-16)19(25)22-18(20(26)23-27)12-21-13(2)24/h4-11,19-20H,3,12-13H2,1-2H3,(H,23,26)(H,24,28)(H,25,27);4-11,18,27H,3,12H2,1-2H3,(H,21,24)(H,22,25)(H,23,26). The number of hydrogen-bond donors (Lipinski definition) is 7. The first-order chi connectivity index (χ1) is 27.4. The van der Waals surface area contributed by atoms with Crippen molar-refractivity contribution in [3.63, 3.8) is 0 Å². The summed E-state index contributed by atoms with van der Waals surface area (Å²) in [6, 6.07) is 29.1. The summed E-state index contributed by atoms with van der Waals surface area (Å²) in [4.78, 5) is 75.7. The number of carbonyl (C=O) groups excluding carboxylic acids is 6. The second kappa shape index (κ2) is 21.5.